The van der Waals surface area contributed by atoms with E-state index in [1.54, 1.807) is 30.9 Å². The summed E-state index contributed by atoms with van der Waals surface area (Å²) in [4.78, 5) is 8.13. The zero-order valence-electron chi connectivity index (χ0n) is 10.7. The SMILES string of the molecule is CC(C)Oc1cncc(C(O)c2cncc(Br)c2)c1. The number of aliphatic hydroxyl groups is 1. The molecule has 0 saturated heterocycles. The Balaban J connectivity index is 2.26. The van der Waals surface area contributed by atoms with Gasteiger partial charge in [-0.15, -0.1) is 0 Å². The molecule has 0 spiro atoms. The van der Waals surface area contributed by atoms with E-state index in [0.29, 0.717) is 16.9 Å². The summed E-state index contributed by atoms with van der Waals surface area (Å²) in [6, 6.07) is 3.62. The van der Waals surface area contributed by atoms with E-state index in [-0.39, 0.29) is 6.10 Å². The van der Waals surface area contributed by atoms with E-state index in [0.717, 1.165) is 4.47 Å². The third kappa shape index (κ3) is 3.75. The first-order valence-corrected chi connectivity index (χ1v) is 6.75. The first-order valence-electron chi connectivity index (χ1n) is 5.96. The molecular formula is C14H15BrN2O2. The Labute approximate surface area is 120 Å². The van der Waals surface area contributed by atoms with Crippen molar-refractivity contribution in [3.63, 3.8) is 0 Å². The van der Waals surface area contributed by atoms with E-state index in [1.165, 1.54) is 0 Å². The van der Waals surface area contributed by atoms with Crippen molar-refractivity contribution in [2.45, 2.75) is 26.1 Å². The van der Waals surface area contributed by atoms with Crippen LogP contribution in [-0.2, 0) is 0 Å². The van der Waals surface area contributed by atoms with Gasteiger partial charge in [0.2, 0.25) is 0 Å². The topological polar surface area (TPSA) is 55.2 Å². The lowest BCUT2D eigenvalue weighted by atomic mass is 10.1. The van der Waals surface area contributed by atoms with Gasteiger partial charge in [0.05, 0.1) is 12.3 Å². The fraction of sp³-hybridized carbons (Fsp3) is 0.286. The summed E-state index contributed by atoms with van der Waals surface area (Å²) >= 11 is 3.34. The van der Waals surface area contributed by atoms with Gasteiger partial charge in [-0.25, -0.2) is 0 Å². The highest BCUT2D eigenvalue weighted by molar-refractivity contribution is 9.10. The van der Waals surface area contributed by atoms with Crippen LogP contribution in [0.5, 0.6) is 5.75 Å². The van der Waals surface area contributed by atoms with Gasteiger partial charge in [-0.1, -0.05) is 0 Å². The molecule has 1 unspecified atom stereocenters. The summed E-state index contributed by atoms with van der Waals surface area (Å²) in [6.45, 7) is 3.89. The van der Waals surface area contributed by atoms with Crippen LogP contribution in [0.4, 0.5) is 0 Å². The van der Waals surface area contributed by atoms with E-state index in [4.69, 9.17) is 4.74 Å². The Kier molecular flexibility index (Phi) is 4.50. The Hall–Kier alpha value is -1.46. The highest BCUT2D eigenvalue weighted by Gasteiger charge is 2.13. The highest BCUT2D eigenvalue weighted by Crippen LogP contribution is 2.25. The van der Waals surface area contributed by atoms with Crippen molar-refractivity contribution < 1.29 is 9.84 Å². The normalized spacial score (nSPS) is 12.5. The monoisotopic (exact) mass is 322 g/mol. The fourth-order valence-electron chi connectivity index (χ4n) is 1.69. The molecule has 1 atom stereocenters. The Morgan fingerprint density at radius 2 is 1.68 bits per heavy atom. The summed E-state index contributed by atoms with van der Waals surface area (Å²) < 4.78 is 6.39. The van der Waals surface area contributed by atoms with Gasteiger partial charge in [0, 0.05) is 34.2 Å². The van der Waals surface area contributed by atoms with Crippen LogP contribution in [-0.4, -0.2) is 21.2 Å². The smallest absolute Gasteiger partial charge is 0.138 e. The second-order valence-corrected chi connectivity index (χ2v) is 5.38. The molecule has 2 aromatic rings. The number of hydrogen-bond acceptors (Lipinski definition) is 4. The minimum atomic E-state index is -0.770. The Morgan fingerprint density at radius 3 is 2.32 bits per heavy atom. The van der Waals surface area contributed by atoms with Crippen molar-refractivity contribution in [2.75, 3.05) is 0 Å². The molecule has 0 saturated carbocycles. The number of nitrogens with zero attached hydrogens (tertiary/aromatic N) is 2. The standard InChI is InChI=1S/C14H15BrN2O2/c1-9(2)19-13-4-11(6-17-8-13)14(18)10-3-12(15)7-16-5-10/h3-9,14,18H,1-2H3. The molecule has 0 bridgehead atoms. The van der Waals surface area contributed by atoms with E-state index in [1.807, 2.05) is 19.9 Å². The Bertz CT molecular complexity index is 561. The number of aromatic nitrogens is 2. The molecule has 2 rings (SSSR count). The molecule has 0 aromatic carbocycles. The molecule has 0 fully saturated rings. The largest absolute Gasteiger partial charge is 0.489 e. The number of aliphatic hydroxyl groups excluding tert-OH is 1. The second-order valence-electron chi connectivity index (χ2n) is 4.46. The summed E-state index contributed by atoms with van der Waals surface area (Å²) in [6.07, 6.45) is 5.86. The van der Waals surface area contributed by atoms with Crippen molar-refractivity contribution >= 4 is 15.9 Å². The van der Waals surface area contributed by atoms with Crippen LogP contribution < -0.4 is 4.74 Å². The highest BCUT2D eigenvalue weighted by atomic mass is 79.9. The zero-order valence-corrected chi connectivity index (χ0v) is 12.3. The Morgan fingerprint density at radius 1 is 1.05 bits per heavy atom. The first-order chi connectivity index (χ1) is 9.06. The molecule has 0 aliphatic heterocycles. The maximum absolute atomic E-state index is 10.3. The van der Waals surface area contributed by atoms with E-state index in [9.17, 15) is 5.11 Å². The predicted octanol–water partition coefficient (Wildman–Crippen LogP) is 3.11. The van der Waals surface area contributed by atoms with Gasteiger partial charge in [0.25, 0.3) is 0 Å². The summed E-state index contributed by atoms with van der Waals surface area (Å²) in [5.41, 5.74) is 1.39. The fourth-order valence-corrected chi connectivity index (χ4v) is 2.07. The third-order valence-electron chi connectivity index (χ3n) is 2.46. The third-order valence-corrected chi connectivity index (χ3v) is 2.90. The molecule has 2 aromatic heterocycles. The molecule has 0 amide bonds. The first kappa shape index (κ1) is 14.0. The lowest BCUT2D eigenvalue weighted by Gasteiger charge is -2.14. The van der Waals surface area contributed by atoms with Crippen LogP contribution >= 0.6 is 15.9 Å². The minimum absolute atomic E-state index is 0.0710. The minimum Gasteiger partial charge on any atom is -0.489 e. The molecular weight excluding hydrogens is 308 g/mol. The van der Waals surface area contributed by atoms with Crippen molar-refractivity contribution in [1.29, 1.82) is 0 Å². The van der Waals surface area contributed by atoms with Crippen LogP contribution in [0.25, 0.3) is 0 Å². The molecule has 100 valence electrons. The molecule has 0 radical (unpaired) electrons. The predicted molar refractivity (Wildman–Crippen MR) is 76.0 cm³/mol. The van der Waals surface area contributed by atoms with E-state index >= 15 is 0 Å². The van der Waals surface area contributed by atoms with Crippen molar-refractivity contribution in [3.8, 4) is 5.75 Å². The number of halogens is 1. The second kappa shape index (κ2) is 6.12. The lowest BCUT2D eigenvalue weighted by Crippen LogP contribution is -2.07. The summed E-state index contributed by atoms with van der Waals surface area (Å²) in [7, 11) is 0. The van der Waals surface area contributed by atoms with Crippen molar-refractivity contribution in [2.24, 2.45) is 0 Å². The molecule has 4 nitrogen and oxygen atoms in total. The van der Waals surface area contributed by atoms with Crippen LogP contribution in [0.1, 0.15) is 31.1 Å². The van der Waals surface area contributed by atoms with Crippen molar-refractivity contribution in [3.05, 3.63) is 52.5 Å². The van der Waals surface area contributed by atoms with Crippen LogP contribution in [0.15, 0.2) is 41.4 Å². The number of rotatable bonds is 4. The zero-order chi connectivity index (χ0) is 13.8. The van der Waals surface area contributed by atoms with Crippen LogP contribution in [0.2, 0.25) is 0 Å². The lowest BCUT2D eigenvalue weighted by molar-refractivity contribution is 0.215. The van der Waals surface area contributed by atoms with Crippen LogP contribution in [0, 0.1) is 0 Å². The average molecular weight is 323 g/mol. The molecule has 0 aliphatic carbocycles. The van der Waals surface area contributed by atoms with Gasteiger partial charge in [0.1, 0.15) is 11.9 Å². The van der Waals surface area contributed by atoms with Gasteiger partial charge in [0.15, 0.2) is 0 Å². The molecule has 2 heterocycles. The van der Waals surface area contributed by atoms with Gasteiger partial charge < -0.3 is 9.84 Å². The summed E-state index contributed by atoms with van der Waals surface area (Å²) in [5, 5.41) is 10.3. The average Bonchev–Trinajstić information content (AvgIpc) is 2.37. The van der Waals surface area contributed by atoms with Gasteiger partial charge >= 0.3 is 0 Å². The van der Waals surface area contributed by atoms with E-state index < -0.39 is 6.10 Å². The number of pyridine rings is 2. The van der Waals surface area contributed by atoms with Crippen LogP contribution in [0.3, 0.4) is 0 Å². The number of hydrogen-bond donors (Lipinski definition) is 1. The van der Waals surface area contributed by atoms with Crippen molar-refractivity contribution in [1.82, 2.24) is 9.97 Å². The maximum atomic E-state index is 10.3. The molecule has 19 heavy (non-hydrogen) atoms. The number of ether oxygens (including phenoxy) is 1. The molecule has 5 heteroatoms. The molecule has 0 aliphatic rings. The van der Waals surface area contributed by atoms with E-state index in [2.05, 4.69) is 25.9 Å². The quantitative estimate of drug-likeness (QED) is 0.939. The summed E-state index contributed by atoms with van der Waals surface area (Å²) in [5.74, 6) is 0.648. The maximum Gasteiger partial charge on any atom is 0.138 e. The van der Waals surface area contributed by atoms with Gasteiger partial charge in [-0.2, -0.15) is 0 Å². The van der Waals surface area contributed by atoms with Gasteiger partial charge in [-0.05, 0) is 41.9 Å². The molecule has 1 N–H and O–H groups in total. The van der Waals surface area contributed by atoms with Gasteiger partial charge in [-0.3, -0.25) is 9.97 Å².